The molecule has 0 aromatic rings. The van der Waals surface area contributed by atoms with Gasteiger partial charge in [-0.1, -0.05) is 34.1 Å². The molecule has 0 rings (SSSR count). The lowest BCUT2D eigenvalue weighted by Crippen LogP contribution is -2.31. The van der Waals surface area contributed by atoms with Crippen LogP contribution in [0.2, 0.25) is 0 Å². The van der Waals surface area contributed by atoms with Crippen LogP contribution in [0, 0.1) is 5.92 Å². The Bertz CT molecular complexity index is 153. The maximum atomic E-state index is 3.50. The van der Waals surface area contributed by atoms with Crippen molar-refractivity contribution in [2.75, 3.05) is 26.7 Å². The van der Waals surface area contributed by atoms with Crippen molar-refractivity contribution in [3.05, 3.63) is 0 Å². The Morgan fingerprint density at radius 3 is 2.18 bits per heavy atom. The number of unbranched alkanes of at least 4 members (excludes halogenated alkanes) is 2. The number of hydrogen-bond acceptors (Lipinski definition) is 2. The molecule has 0 spiro atoms. The van der Waals surface area contributed by atoms with Gasteiger partial charge in [-0.25, -0.2) is 0 Å². The van der Waals surface area contributed by atoms with E-state index in [1.165, 1.54) is 45.2 Å². The summed E-state index contributed by atoms with van der Waals surface area (Å²) in [6.45, 7) is 12.7. The first-order valence-electron chi connectivity index (χ1n) is 7.52. The lowest BCUT2D eigenvalue weighted by atomic mass is 10.1. The molecule has 0 saturated carbocycles. The number of nitrogens with one attached hydrogen (secondary N) is 1. The molecular formula is C15H34N2. The van der Waals surface area contributed by atoms with Gasteiger partial charge < -0.3 is 10.2 Å². The van der Waals surface area contributed by atoms with Crippen molar-refractivity contribution in [1.29, 1.82) is 0 Å². The first-order chi connectivity index (χ1) is 8.11. The van der Waals surface area contributed by atoms with E-state index in [9.17, 15) is 0 Å². The van der Waals surface area contributed by atoms with Gasteiger partial charge in [-0.05, 0) is 58.3 Å². The van der Waals surface area contributed by atoms with E-state index in [1.54, 1.807) is 0 Å². The van der Waals surface area contributed by atoms with Crippen LogP contribution in [0.4, 0.5) is 0 Å². The molecule has 2 nitrogen and oxygen atoms in total. The standard InChI is InChI=1S/C15H34N2/c1-6-15(7-2)17(5)12-10-8-9-11-16-13-14(3)4/h14-16H,6-13H2,1-5H3. The van der Waals surface area contributed by atoms with Crippen molar-refractivity contribution >= 4 is 0 Å². The smallest absolute Gasteiger partial charge is 0.00869 e. The van der Waals surface area contributed by atoms with Crippen LogP contribution < -0.4 is 5.32 Å². The second-order valence-corrected chi connectivity index (χ2v) is 5.61. The predicted molar refractivity (Wildman–Crippen MR) is 78.6 cm³/mol. The van der Waals surface area contributed by atoms with Crippen LogP contribution in [-0.4, -0.2) is 37.6 Å². The molecule has 0 unspecified atom stereocenters. The van der Waals surface area contributed by atoms with Crippen molar-refractivity contribution in [2.24, 2.45) is 5.92 Å². The third-order valence-electron chi connectivity index (χ3n) is 3.48. The van der Waals surface area contributed by atoms with Gasteiger partial charge in [0.2, 0.25) is 0 Å². The summed E-state index contributed by atoms with van der Waals surface area (Å²) in [6, 6.07) is 0.786. The molecule has 17 heavy (non-hydrogen) atoms. The van der Waals surface area contributed by atoms with Crippen LogP contribution in [0.25, 0.3) is 0 Å². The van der Waals surface area contributed by atoms with Gasteiger partial charge >= 0.3 is 0 Å². The monoisotopic (exact) mass is 242 g/mol. The molecule has 0 aromatic carbocycles. The van der Waals surface area contributed by atoms with Crippen LogP contribution in [-0.2, 0) is 0 Å². The average molecular weight is 242 g/mol. The second-order valence-electron chi connectivity index (χ2n) is 5.61. The summed E-state index contributed by atoms with van der Waals surface area (Å²) in [5, 5.41) is 3.50. The van der Waals surface area contributed by atoms with E-state index in [-0.39, 0.29) is 0 Å². The Balaban J connectivity index is 3.33. The van der Waals surface area contributed by atoms with Crippen molar-refractivity contribution in [1.82, 2.24) is 10.2 Å². The summed E-state index contributed by atoms with van der Waals surface area (Å²) in [4.78, 5) is 2.53. The van der Waals surface area contributed by atoms with E-state index in [2.05, 4.69) is 45.0 Å². The highest BCUT2D eigenvalue weighted by Gasteiger charge is 2.08. The third kappa shape index (κ3) is 9.61. The molecule has 0 amide bonds. The van der Waals surface area contributed by atoms with E-state index in [4.69, 9.17) is 0 Å². The molecule has 0 aromatic heterocycles. The molecule has 0 bridgehead atoms. The minimum atomic E-state index is 0.774. The van der Waals surface area contributed by atoms with Crippen molar-refractivity contribution in [3.63, 3.8) is 0 Å². The van der Waals surface area contributed by atoms with Gasteiger partial charge in [-0.3, -0.25) is 0 Å². The molecule has 0 heterocycles. The Morgan fingerprint density at radius 1 is 1.00 bits per heavy atom. The average Bonchev–Trinajstić information content (AvgIpc) is 2.29. The Kier molecular flexibility index (Phi) is 11.0. The SMILES string of the molecule is CCC(CC)N(C)CCCCCNCC(C)C. The zero-order valence-electron chi connectivity index (χ0n) is 12.8. The molecular weight excluding hydrogens is 208 g/mol. The van der Waals surface area contributed by atoms with Gasteiger partial charge in [-0.15, -0.1) is 0 Å². The maximum Gasteiger partial charge on any atom is 0.00869 e. The predicted octanol–water partition coefficient (Wildman–Crippen LogP) is 3.52. The maximum absolute atomic E-state index is 3.50. The molecule has 0 aliphatic carbocycles. The number of rotatable bonds is 11. The highest BCUT2D eigenvalue weighted by atomic mass is 15.1. The fourth-order valence-electron chi connectivity index (χ4n) is 2.27. The molecule has 0 aliphatic rings. The van der Waals surface area contributed by atoms with Crippen molar-refractivity contribution in [2.45, 2.75) is 65.8 Å². The minimum Gasteiger partial charge on any atom is -0.316 e. The highest BCUT2D eigenvalue weighted by molar-refractivity contribution is 4.65. The minimum absolute atomic E-state index is 0.774. The van der Waals surface area contributed by atoms with E-state index >= 15 is 0 Å². The quantitative estimate of drug-likeness (QED) is 0.558. The van der Waals surface area contributed by atoms with E-state index in [0.29, 0.717) is 0 Å². The van der Waals surface area contributed by atoms with Gasteiger partial charge in [0.15, 0.2) is 0 Å². The van der Waals surface area contributed by atoms with Gasteiger partial charge in [0.1, 0.15) is 0 Å². The molecule has 0 saturated heterocycles. The van der Waals surface area contributed by atoms with E-state index < -0.39 is 0 Å². The lowest BCUT2D eigenvalue weighted by molar-refractivity contribution is 0.225. The zero-order chi connectivity index (χ0) is 13.1. The largest absolute Gasteiger partial charge is 0.316 e. The Labute approximate surface area is 109 Å². The molecule has 104 valence electrons. The van der Waals surface area contributed by atoms with Crippen LogP contribution in [0.3, 0.4) is 0 Å². The zero-order valence-corrected chi connectivity index (χ0v) is 12.8. The van der Waals surface area contributed by atoms with Crippen molar-refractivity contribution < 1.29 is 0 Å². The third-order valence-corrected chi connectivity index (χ3v) is 3.48. The first-order valence-corrected chi connectivity index (χ1v) is 7.52. The second kappa shape index (κ2) is 11.0. The van der Waals surface area contributed by atoms with E-state index in [0.717, 1.165) is 18.5 Å². The summed E-state index contributed by atoms with van der Waals surface area (Å²) >= 11 is 0. The summed E-state index contributed by atoms with van der Waals surface area (Å²) < 4.78 is 0. The van der Waals surface area contributed by atoms with Crippen molar-refractivity contribution in [3.8, 4) is 0 Å². The van der Waals surface area contributed by atoms with Gasteiger partial charge in [0.25, 0.3) is 0 Å². The fourth-order valence-corrected chi connectivity index (χ4v) is 2.27. The van der Waals surface area contributed by atoms with E-state index in [1.807, 2.05) is 0 Å². The lowest BCUT2D eigenvalue weighted by Gasteiger charge is -2.25. The summed E-state index contributed by atoms with van der Waals surface area (Å²) in [5.74, 6) is 0.774. The number of hydrogen-bond donors (Lipinski definition) is 1. The Morgan fingerprint density at radius 2 is 1.65 bits per heavy atom. The molecule has 0 atom stereocenters. The number of nitrogens with zero attached hydrogens (tertiary/aromatic N) is 1. The first kappa shape index (κ1) is 16.9. The van der Waals surface area contributed by atoms with Crippen LogP contribution in [0.5, 0.6) is 0 Å². The highest BCUT2D eigenvalue weighted by Crippen LogP contribution is 2.07. The van der Waals surface area contributed by atoms with Crippen LogP contribution in [0.1, 0.15) is 59.8 Å². The van der Waals surface area contributed by atoms with Gasteiger partial charge in [0.05, 0.1) is 0 Å². The molecule has 0 aliphatic heterocycles. The Hall–Kier alpha value is -0.0800. The molecule has 2 heteroatoms. The molecule has 0 radical (unpaired) electrons. The summed E-state index contributed by atoms with van der Waals surface area (Å²) in [5.41, 5.74) is 0. The van der Waals surface area contributed by atoms with Gasteiger partial charge in [-0.2, -0.15) is 0 Å². The van der Waals surface area contributed by atoms with Gasteiger partial charge in [0, 0.05) is 6.04 Å². The van der Waals surface area contributed by atoms with Crippen LogP contribution in [0.15, 0.2) is 0 Å². The summed E-state index contributed by atoms with van der Waals surface area (Å²) in [7, 11) is 2.27. The fraction of sp³-hybridized carbons (Fsp3) is 1.00. The van der Waals surface area contributed by atoms with Crippen LogP contribution >= 0.6 is 0 Å². The molecule has 1 N–H and O–H groups in total. The summed E-state index contributed by atoms with van der Waals surface area (Å²) in [6.07, 6.45) is 6.58. The topological polar surface area (TPSA) is 15.3 Å². The normalized spacial score (nSPS) is 12.0. The molecule has 0 fully saturated rings.